The molecule has 23 heavy (non-hydrogen) atoms. The van der Waals surface area contributed by atoms with Gasteiger partial charge < -0.3 is 19.3 Å². The number of benzene rings is 1. The van der Waals surface area contributed by atoms with Gasteiger partial charge >= 0.3 is 0 Å². The molecule has 7 heteroatoms. The molecule has 124 valence electrons. The maximum Gasteiger partial charge on any atom is 0.270 e. The van der Waals surface area contributed by atoms with Crippen LogP contribution in [0, 0.1) is 0 Å². The van der Waals surface area contributed by atoms with Crippen LogP contribution in [0.15, 0.2) is 24.3 Å². The topological polar surface area (TPSA) is 50.7 Å². The predicted molar refractivity (Wildman–Crippen MR) is 93.1 cm³/mol. The summed E-state index contributed by atoms with van der Waals surface area (Å²) in [5.41, 5.74) is 1.23. The van der Waals surface area contributed by atoms with Crippen LogP contribution in [0.1, 0.15) is 13.3 Å². The number of hydrogen-bond acceptors (Lipinski definition) is 7. The molecule has 0 amide bonds. The first-order valence-electron chi connectivity index (χ1n) is 7.91. The van der Waals surface area contributed by atoms with Gasteiger partial charge in [-0.2, -0.15) is 4.37 Å². The largest absolute Gasteiger partial charge is 0.497 e. The van der Waals surface area contributed by atoms with Gasteiger partial charge in [0.25, 0.3) is 5.88 Å². The van der Waals surface area contributed by atoms with E-state index in [1.165, 1.54) is 17.4 Å². The maximum absolute atomic E-state index is 5.68. The molecule has 1 aromatic carbocycles. The number of piperazine rings is 1. The average Bonchev–Trinajstić information content (AvgIpc) is 3.08. The molecular formula is C16H22N4O2S. The number of ether oxygens (including phenoxy) is 2. The van der Waals surface area contributed by atoms with Crippen LogP contribution in [0.5, 0.6) is 11.6 Å². The van der Waals surface area contributed by atoms with Crippen molar-refractivity contribution in [1.82, 2.24) is 8.75 Å². The second kappa shape index (κ2) is 7.50. The molecule has 0 aliphatic carbocycles. The molecular weight excluding hydrogens is 312 g/mol. The molecule has 6 nitrogen and oxygen atoms in total. The molecule has 0 atom stereocenters. The zero-order chi connectivity index (χ0) is 16.1. The minimum Gasteiger partial charge on any atom is -0.497 e. The summed E-state index contributed by atoms with van der Waals surface area (Å²) in [6, 6.07) is 8.22. The molecule has 1 fully saturated rings. The first-order valence-corrected chi connectivity index (χ1v) is 8.64. The first kappa shape index (κ1) is 15.9. The van der Waals surface area contributed by atoms with E-state index < -0.39 is 0 Å². The summed E-state index contributed by atoms with van der Waals surface area (Å²) in [6.07, 6.45) is 0.974. The van der Waals surface area contributed by atoms with Crippen LogP contribution in [0.4, 0.5) is 11.5 Å². The van der Waals surface area contributed by atoms with E-state index in [2.05, 4.69) is 37.6 Å². The highest BCUT2D eigenvalue weighted by atomic mass is 32.1. The number of aromatic nitrogens is 2. The minimum absolute atomic E-state index is 0.676. The zero-order valence-corrected chi connectivity index (χ0v) is 14.4. The number of anilines is 2. The summed E-state index contributed by atoms with van der Waals surface area (Å²) >= 11 is 1.22. The lowest BCUT2D eigenvalue weighted by Gasteiger charge is -2.36. The van der Waals surface area contributed by atoms with Crippen LogP contribution in [0.2, 0.25) is 0 Å². The lowest BCUT2D eigenvalue weighted by atomic mass is 10.2. The highest BCUT2D eigenvalue weighted by Crippen LogP contribution is 2.28. The van der Waals surface area contributed by atoms with Gasteiger partial charge in [-0.15, -0.1) is 4.37 Å². The van der Waals surface area contributed by atoms with E-state index in [4.69, 9.17) is 9.47 Å². The quantitative estimate of drug-likeness (QED) is 0.809. The SMILES string of the molecule is CCCOc1nsnc1N1CCN(c2ccc(OC)cc2)CC1. The monoisotopic (exact) mass is 334 g/mol. The van der Waals surface area contributed by atoms with Crippen molar-refractivity contribution in [2.24, 2.45) is 0 Å². The van der Waals surface area contributed by atoms with Gasteiger partial charge in [0.15, 0.2) is 0 Å². The Morgan fingerprint density at radius 1 is 1.04 bits per heavy atom. The molecule has 2 heterocycles. The van der Waals surface area contributed by atoms with Gasteiger partial charge in [0, 0.05) is 31.9 Å². The van der Waals surface area contributed by atoms with Crippen molar-refractivity contribution in [3.05, 3.63) is 24.3 Å². The van der Waals surface area contributed by atoms with Gasteiger partial charge in [-0.3, -0.25) is 0 Å². The van der Waals surface area contributed by atoms with E-state index in [0.29, 0.717) is 12.5 Å². The average molecular weight is 334 g/mol. The third-order valence-electron chi connectivity index (χ3n) is 3.90. The van der Waals surface area contributed by atoms with E-state index in [9.17, 15) is 0 Å². The Morgan fingerprint density at radius 3 is 2.39 bits per heavy atom. The third-order valence-corrected chi connectivity index (χ3v) is 4.40. The molecule has 1 aliphatic rings. The Balaban J connectivity index is 1.60. The molecule has 2 aromatic rings. The highest BCUT2D eigenvalue weighted by molar-refractivity contribution is 6.99. The number of nitrogens with zero attached hydrogens (tertiary/aromatic N) is 4. The number of hydrogen-bond donors (Lipinski definition) is 0. The number of rotatable bonds is 6. The van der Waals surface area contributed by atoms with E-state index in [1.807, 2.05) is 12.1 Å². The summed E-state index contributed by atoms with van der Waals surface area (Å²) in [4.78, 5) is 4.64. The van der Waals surface area contributed by atoms with Gasteiger partial charge in [-0.1, -0.05) is 6.92 Å². The molecule has 1 aromatic heterocycles. The Kier molecular flexibility index (Phi) is 5.17. The Morgan fingerprint density at radius 2 is 1.74 bits per heavy atom. The molecule has 0 bridgehead atoms. The number of methoxy groups -OCH3 is 1. The second-order valence-corrected chi connectivity index (χ2v) is 5.94. The molecule has 1 aliphatic heterocycles. The van der Waals surface area contributed by atoms with Crippen LogP contribution in [-0.2, 0) is 0 Å². The van der Waals surface area contributed by atoms with Gasteiger partial charge in [-0.25, -0.2) is 0 Å². The maximum atomic E-state index is 5.68. The van der Waals surface area contributed by atoms with Crippen molar-refractivity contribution in [3.63, 3.8) is 0 Å². The molecule has 0 radical (unpaired) electrons. The van der Waals surface area contributed by atoms with E-state index in [0.717, 1.165) is 44.2 Å². The van der Waals surface area contributed by atoms with Crippen LogP contribution in [-0.4, -0.2) is 48.6 Å². The van der Waals surface area contributed by atoms with Gasteiger partial charge in [-0.05, 0) is 30.7 Å². The fourth-order valence-corrected chi connectivity index (χ4v) is 3.15. The summed E-state index contributed by atoms with van der Waals surface area (Å²) in [5, 5.41) is 0. The zero-order valence-electron chi connectivity index (χ0n) is 13.6. The smallest absolute Gasteiger partial charge is 0.270 e. The van der Waals surface area contributed by atoms with Crippen molar-refractivity contribution in [2.45, 2.75) is 13.3 Å². The normalized spacial score (nSPS) is 14.9. The van der Waals surface area contributed by atoms with Crippen molar-refractivity contribution in [3.8, 4) is 11.6 Å². The molecule has 0 unspecified atom stereocenters. The van der Waals surface area contributed by atoms with E-state index >= 15 is 0 Å². The first-order chi connectivity index (χ1) is 11.3. The van der Waals surface area contributed by atoms with Gasteiger partial charge in [0.1, 0.15) is 5.75 Å². The predicted octanol–water partition coefficient (Wildman–Crippen LogP) is 2.66. The molecule has 3 rings (SSSR count). The van der Waals surface area contributed by atoms with Crippen molar-refractivity contribution >= 4 is 23.2 Å². The van der Waals surface area contributed by atoms with E-state index in [-0.39, 0.29) is 0 Å². The summed E-state index contributed by atoms with van der Waals surface area (Å²) in [6.45, 7) is 6.52. The Bertz CT molecular complexity index is 609. The third kappa shape index (κ3) is 3.67. The molecule has 0 saturated carbocycles. The fourth-order valence-electron chi connectivity index (χ4n) is 2.63. The van der Waals surface area contributed by atoms with Crippen molar-refractivity contribution in [2.75, 3.05) is 49.7 Å². The highest BCUT2D eigenvalue weighted by Gasteiger charge is 2.23. The summed E-state index contributed by atoms with van der Waals surface area (Å²) < 4.78 is 19.6. The second-order valence-electron chi connectivity index (χ2n) is 5.41. The van der Waals surface area contributed by atoms with Crippen molar-refractivity contribution in [1.29, 1.82) is 0 Å². The van der Waals surface area contributed by atoms with Crippen LogP contribution in [0.25, 0.3) is 0 Å². The lowest BCUT2D eigenvalue weighted by molar-refractivity contribution is 0.308. The van der Waals surface area contributed by atoms with Crippen LogP contribution < -0.4 is 19.3 Å². The standard InChI is InChI=1S/C16H22N4O2S/c1-3-12-22-16-15(17-23-18-16)20-10-8-19(9-11-20)13-4-6-14(21-2)7-5-13/h4-7H,3,8-12H2,1-2H3. The van der Waals surface area contributed by atoms with Gasteiger partial charge in [0.05, 0.1) is 25.4 Å². The molecule has 0 spiro atoms. The molecule has 1 saturated heterocycles. The molecule has 0 N–H and O–H groups in total. The summed E-state index contributed by atoms with van der Waals surface area (Å²) in [5.74, 6) is 2.45. The Hall–Kier alpha value is -2.02. The Labute approximate surface area is 141 Å². The van der Waals surface area contributed by atoms with Gasteiger partial charge in [0.2, 0.25) is 5.82 Å². The fraction of sp³-hybridized carbons (Fsp3) is 0.500. The lowest BCUT2D eigenvalue weighted by Crippen LogP contribution is -2.46. The van der Waals surface area contributed by atoms with Crippen LogP contribution in [0.3, 0.4) is 0 Å². The van der Waals surface area contributed by atoms with E-state index in [1.54, 1.807) is 7.11 Å². The summed E-state index contributed by atoms with van der Waals surface area (Å²) in [7, 11) is 1.69. The van der Waals surface area contributed by atoms with Crippen molar-refractivity contribution < 1.29 is 9.47 Å². The van der Waals surface area contributed by atoms with Crippen LogP contribution >= 0.6 is 11.7 Å². The minimum atomic E-state index is 0.676.